The molecule has 0 aromatic carbocycles. The first kappa shape index (κ1) is 15.3. The van der Waals surface area contributed by atoms with Crippen molar-refractivity contribution >= 4 is 0 Å². The van der Waals surface area contributed by atoms with E-state index in [0.717, 1.165) is 24.4 Å². The second-order valence-electron chi connectivity index (χ2n) is 4.80. The van der Waals surface area contributed by atoms with Crippen molar-refractivity contribution in [2.75, 3.05) is 27.8 Å². The number of rotatable bonds is 7. The van der Waals surface area contributed by atoms with Crippen LogP contribution in [0.3, 0.4) is 0 Å². The lowest BCUT2D eigenvalue weighted by Crippen LogP contribution is -2.22. The van der Waals surface area contributed by atoms with Gasteiger partial charge >= 0.3 is 0 Å². The van der Waals surface area contributed by atoms with E-state index in [9.17, 15) is 0 Å². The Bertz CT molecular complexity index is 561. The quantitative estimate of drug-likeness (QED) is 0.781. The van der Waals surface area contributed by atoms with Gasteiger partial charge in [-0.3, -0.25) is 9.97 Å². The van der Waals surface area contributed by atoms with E-state index in [1.54, 1.807) is 26.5 Å². The van der Waals surface area contributed by atoms with Crippen molar-refractivity contribution in [1.29, 1.82) is 0 Å². The highest BCUT2D eigenvalue weighted by Crippen LogP contribution is 2.29. The van der Waals surface area contributed by atoms with Crippen molar-refractivity contribution in [1.82, 2.24) is 14.9 Å². The molecule has 0 radical (unpaired) electrons. The summed E-state index contributed by atoms with van der Waals surface area (Å²) in [6.45, 7) is 1.60. The van der Waals surface area contributed by atoms with Gasteiger partial charge in [0.05, 0.1) is 14.2 Å². The average Bonchev–Trinajstić information content (AvgIpc) is 2.53. The fraction of sp³-hybridized carbons (Fsp3) is 0.375. The molecule has 112 valence electrons. The van der Waals surface area contributed by atoms with Crippen LogP contribution in [0.2, 0.25) is 0 Å². The molecule has 2 rings (SSSR count). The second-order valence-corrected chi connectivity index (χ2v) is 4.80. The summed E-state index contributed by atoms with van der Waals surface area (Å²) in [6, 6.07) is 7.78. The third-order valence-electron chi connectivity index (χ3n) is 3.26. The number of hydrogen-bond donors (Lipinski definition) is 0. The van der Waals surface area contributed by atoms with Crippen LogP contribution in [0.4, 0.5) is 0 Å². The molecular formula is C16H21N3O2. The number of ether oxygens (including phenoxy) is 2. The van der Waals surface area contributed by atoms with Crippen LogP contribution in [-0.2, 0) is 13.0 Å². The molecule has 0 atom stereocenters. The van der Waals surface area contributed by atoms with Gasteiger partial charge in [0.15, 0.2) is 11.5 Å². The van der Waals surface area contributed by atoms with E-state index in [-0.39, 0.29) is 0 Å². The van der Waals surface area contributed by atoms with E-state index in [4.69, 9.17) is 9.47 Å². The van der Waals surface area contributed by atoms with Gasteiger partial charge < -0.3 is 14.4 Å². The van der Waals surface area contributed by atoms with Crippen LogP contribution in [0.5, 0.6) is 11.5 Å². The zero-order valence-electron chi connectivity index (χ0n) is 12.7. The molecule has 0 saturated carbocycles. The van der Waals surface area contributed by atoms with Gasteiger partial charge in [0, 0.05) is 43.7 Å². The lowest BCUT2D eigenvalue weighted by Gasteiger charge is -2.18. The highest BCUT2D eigenvalue weighted by atomic mass is 16.5. The van der Waals surface area contributed by atoms with E-state index in [1.165, 1.54) is 0 Å². The van der Waals surface area contributed by atoms with Crippen molar-refractivity contribution in [2.24, 2.45) is 0 Å². The number of methoxy groups -OCH3 is 2. The first-order valence-electron chi connectivity index (χ1n) is 6.89. The standard InChI is InChI=1S/C16H21N3O2/c1-19(11-8-13-6-4-5-9-17-13)12-14-16(21-3)15(20-2)7-10-18-14/h4-7,9-10H,8,11-12H2,1-3H3. The van der Waals surface area contributed by atoms with E-state index < -0.39 is 0 Å². The summed E-state index contributed by atoms with van der Waals surface area (Å²) in [4.78, 5) is 10.9. The number of pyridine rings is 2. The molecule has 0 aliphatic heterocycles. The van der Waals surface area contributed by atoms with Crippen molar-refractivity contribution in [2.45, 2.75) is 13.0 Å². The topological polar surface area (TPSA) is 47.5 Å². The summed E-state index contributed by atoms with van der Waals surface area (Å²) >= 11 is 0. The molecule has 0 spiro atoms. The van der Waals surface area contributed by atoms with Crippen molar-refractivity contribution in [3.05, 3.63) is 48.0 Å². The molecular weight excluding hydrogens is 266 g/mol. The summed E-state index contributed by atoms with van der Waals surface area (Å²) in [5.41, 5.74) is 1.97. The zero-order chi connectivity index (χ0) is 15.1. The number of likely N-dealkylation sites (N-methyl/N-ethyl adjacent to an activating group) is 1. The summed E-state index contributed by atoms with van der Waals surface area (Å²) in [6.07, 6.45) is 4.47. The van der Waals surface area contributed by atoms with E-state index >= 15 is 0 Å². The van der Waals surface area contributed by atoms with Gasteiger partial charge in [0.2, 0.25) is 0 Å². The van der Waals surface area contributed by atoms with Gasteiger partial charge in [-0.05, 0) is 19.2 Å². The van der Waals surface area contributed by atoms with Crippen LogP contribution in [0, 0.1) is 0 Å². The van der Waals surface area contributed by atoms with E-state index in [1.807, 2.05) is 24.4 Å². The minimum atomic E-state index is 0.699. The summed E-state index contributed by atoms with van der Waals surface area (Å²) in [7, 11) is 5.33. The van der Waals surface area contributed by atoms with Crippen molar-refractivity contribution < 1.29 is 9.47 Å². The summed E-state index contributed by atoms with van der Waals surface area (Å²) < 4.78 is 10.7. The Labute approximate surface area is 125 Å². The minimum absolute atomic E-state index is 0.699. The smallest absolute Gasteiger partial charge is 0.183 e. The molecule has 2 aromatic rings. The molecule has 0 fully saturated rings. The summed E-state index contributed by atoms with van der Waals surface area (Å²) in [5.74, 6) is 1.41. The van der Waals surface area contributed by atoms with Gasteiger partial charge in [-0.15, -0.1) is 0 Å². The highest BCUT2D eigenvalue weighted by molar-refractivity contribution is 5.42. The molecule has 0 amide bonds. The molecule has 0 aliphatic rings. The number of hydrogen-bond acceptors (Lipinski definition) is 5. The molecule has 5 nitrogen and oxygen atoms in total. The van der Waals surface area contributed by atoms with Crippen LogP contribution in [-0.4, -0.2) is 42.7 Å². The Morgan fingerprint density at radius 2 is 1.90 bits per heavy atom. The molecule has 2 heterocycles. The van der Waals surface area contributed by atoms with Gasteiger partial charge in [0.1, 0.15) is 5.69 Å². The van der Waals surface area contributed by atoms with Crippen LogP contribution >= 0.6 is 0 Å². The fourth-order valence-electron chi connectivity index (χ4n) is 2.15. The monoisotopic (exact) mass is 287 g/mol. The average molecular weight is 287 g/mol. The maximum Gasteiger partial charge on any atom is 0.183 e. The molecule has 0 unspecified atom stereocenters. The molecule has 0 N–H and O–H groups in total. The normalized spacial score (nSPS) is 10.7. The zero-order valence-corrected chi connectivity index (χ0v) is 12.7. The lowest BCUT2D eigenvalue weighted by molar-refractivity contribution is 0.306. The minimum Gasteiger partial charge on any atom is -0.493 e. The van der Waals surface area contributed by atoms with E-state index in [0.29, 0.717) is 18.0 Å². The first-order chi connectivity index (χ1) is 10.2. The predicted octanol–water partition coefficient (Wildman–Crippen LogP) is 2.17. The Hall–Kier alpha value is -2.14. The van der Waals surface area contributed by atoms with Gasteiger partial charge in [-0.1, -0.05) is 6.07 Å². The second kappa shape index (κ2) is 7.59. The number of aromatic nitrogens is 2. The third kappa shape index (κ3) is 4.16. The molecule has 0 saturated heterocycles. The molecule has 0 bridgehead atoms. The largest absolute Gasteiger partial charge is 0.493 e. The predicted molar refractivity (Wildman–Crippen MR) is 81.6 cm³/mol. The van der Waals surface area contributed by atoms with Gasteiger partial charge in [-0.2, -0.15) is 0 Å². The fourth-order valence-corrected chi connectivity index (χ4v) is 2.15. The Balaban J connectivity index is 1.98. The highest BCUT2D eigenvalue weighted by Gasteiger charge is 2.12. The van der Waals surface area contributed by atoms with Crippen LogP contribution in [0.15, 0.2) is 36.7 Å². The van der Waals surface area contributed by atoms with Gasteiger partial charge in [-0.25, -0.2) is 0 Å². The SMILES string of the molecule is COc1ccnc(CN(C)CCc2ccccn2)c1OC. The first-order valence-corrected chi connectivity index (χ1v) is 6.89. The van der Waals surface area contributed by atoms with Crippen LogP contribution in [0.25, 0.3) is 0 Å². The lowest BCUT2D eigenvalue weighted by atomic mass is 10.2. The number of nitrogens with zero attached hydrogens (tertiary/aromatic N) is 3. The molecule has 5 heteroatoms. The Morgan fingerprint density at radius 1 is 1.05 bits per heavy atom. The maximum atomic E-state index is 5.40. The summed E-state index contributed by atoms with van der Waals surface area (Å²) in [5, 5.41) is 0. The Morgan fingerprint density at radius 3 is 2.57 bits per heavy atom. The van der Waals surface area contributed by atoms with Gasteiger partial charge in [0.25, 0.3) is 0 Å². The van der Waals surface area contributed by atoms with E-state index in [2.05, 4.69) is 21.9 Å². The van der Waals surface area contributed by atoms with Crippen LogP contribution < -0.4 is 9.47 Å². The van der Waals surface area contributed by atoms with Crippen molar-refractivity contribution in [3.8, 4) is 11.5 Å². The van der Waals surface area contributed by atoms with Crippen LogP contribution in [0.1, 0.15) is 11.4 Å². The molecule has 2 aromatic heterocycles. The third-order valence-corrected chi connectivity index (χ3v) is 3.26. The Kier molecular flexibility index (Phi) is 5.51. The molecule has 21 heavy (non-hydrogen) atoms. The maximum absolute atomic E-state index is 5.40. The molecule has 0 aliphatic carbocycles. The van der Waals surface area contributed by atoms with Crippen molar-refractivity contribution in [3.63, 3.8) is 0 Å².